The van der Waals surface area contributed by atoms with Crippen LogP contribution in [0.4, 0.5) is 0 Å². The minimum atomic E-state index is -0.234. The Morgan fingerprint density at radius 2 is 1.54 bits per heavy atom. The van der Waals surface area contributed by atoms with Crippen molar-refractivity contribution in [2.75, 3.05) is 6.61 Å². The molecule has 0 amide bonds. The summed E-state index contributed by atoms with van der Waals surface area (Å²) in [6.45, 7) is 2.60. The molecule has 132 valence electrons. The van der Waals surface area contributed by atoms with Crippen molar-refractivity contribution in [3.05, 3.63) is 84.4 Å². The highest BCUT2D eigenvalue weighted by molar-refractivity contribution is 5.78. The maximum Gasteiger partial charge on any atom is 0.311 e. The van der Waals surface area contributed by atoms with E-state index in [4.69, 9.17) is 9.47 Å². The maximum absolute atomic E-state index is 12.3. The van der Waals surface area contributed by atoms with Crippen LogP contribution in [0.15, 0.2) is 78.9 Å². The molecule has 0 N–H and O–H groups in total. The third kappa shape index (κ3) is 4.73. The molecule has 3 heteroatoms. The van der Waals surface area contributed by atoms with Crippen LogP contribution in [0, 0.1) is 0 Å². The van der Waals surface area contributed by atoms with Gasteiger partial charge in [0, 0.05) is 12.0 Å². The number of carbonyl (C=O) groups is 1. The molecular formula is C23H22O3. The second-order valence-corrected chi connectivity index (χ2v) is 5.91. The molecule has 3 rings (SSSR count). The van der Waals surface area contributed by atoms with E-state index in [0.29, 0.717) is 25.2 Å². The first kappa shape index (κ1) is 17.7. The fraction of sp³-hybridized carbons (Fsp3) is 0.174. The smallest absolute Gasteiger partial charge is 0.311 e. The number of rotatable bonds is 7. The largest absolute Gasteiger partial charge is 0.494 e. The molecular weight excluding hydrogens is 324 g/mol. The number of ether oxygens (including phenoxy) is 2. The lowest BCUT2D eigenvalue weighted by Crippen LogP contribution is -2.09. The first-order chi connectivity index (χ1) is 12.8. The van der Waals surface area contributed by atoms with Gasteiger partial charge in [0.2, 0.25) is 0 Å². The highest BCUT2D eigenvalue weighted by Gasteiger charge is 2.10. The lowest BCUT2D eigenvalue weighted by Gasteiger charge is -2.10. The molecule has 0 bridgehead atoms. The average Bonchev–Trinajstić information content (AvgIpc) is 2.69. The van der Waals surface area contributed by atoms with Crippen molar-refractivity contribution < 1.29 is 14.3 Å². The second kappa shape index (κ2) is 8.86. The molecule has 26 heavy (non-hydrogen) atoms. The molecule has 0 fully saturated rings. The third-order valence-electron chi connectivity index (χ3n) is 4.05. The number of hydrogen-bond donors (Lipinski definition) is 0. The number of esters is 1. The van der Waals surface area contributed by atoms with E-state index in [-0.39, 0.29) is 5.97 Å². The number of para-hydroxylation sites is 1. The van der Waals surface area contributed by atoms with Gasteiger partial charge >= 0.3 is 5.97 Å². The van der Waals surface area contributed by atoms with Crippen molar-refractivity contribution >= 4 is 5.97 Å². The zero-order valence-electron chi connectivity index (χ0n) is 14.9. The predicted octanol–water partition coefficient (Wildman–Crippen LogP) is 5.29. The first-order valence-electron chi connectivity index (χ1n) is 8.83. The third-order valence-corrected chi connectivity index (χ3v) is 4.05. The monoisotopic (exact) mass is 346 g/mol. The van der Waals surface area contributed by atoms with Crippen molar-refractivity contribution in [1.29, 1.82) is 0 Å². The van der Waals surface area contributed by atoms with Crippen LogP contribution in [0.3, 0.4) is 0 Å². The Morgan fingerprint density at radius 3 is 2.27 bits per heavy atom. The average molecular weight is 346 g/mol. The van der Waals surface area contributed by atoms with Gasteiger partial charge in [0.1, 0.15) is 11.5 Å². The van der Waals surface area contributed by atoms with Gasteiger partial charge in [-0.15, -0.1) is 0 Å². The quantitative estimate of drug-likeness (QED) is 0.431. The highest BCUT2D eigenvalue weighted by atomic mass is 16.5. The van der Waals surface area contributed by atoms with Crippen LogP contribution in [-0.4, -0.2) is 12.6 Å². The molecule has 0 saturated heterocycles. The van der Waals surface area contributed by atoms with Gasteiger partial charge in [-0.3, -0.25) is 4.79 Å². The van der Waals surface area contributed by atoms with Crippen LogP contribution >= 0.6 is 0 Å². The SMILES string of the molecule is CCOc1ccc(CCC(=O)Oc2ccccc2-c2ccccc2)cc1. The lowest BCUT2D eigenvalue weighted by molar-refractivity contribution is -0.134. The van der Waals surface area contributed by atoms with E-state index in [0.717, 1.165) is 22.4 Å². The van der Waals surface area contributed by atoms with Crippen LogP contribution < -0.4 is 9.47 Å². The first-order valence-corrected chi connectivity index (χ1v) is 8.83. The summed E-state index contributed by atoms with van der Waals surface area (Å²) in [7, 11) is 0. The molecule has 0 aliphatic rings. The Kier molecular flexibility index (Phi) is 6.05. The summed E-state index contributed by atoms with van der Waals surface area (Å²) in [5.74, 6) is 1.20. The van der Waals surface area contributed by atoms with Crippen molar-refractivity contribution in [3.8, 4) is 22.6 Å². The molecule has 0 unspecified atom stereocenters. The molecule has 0 heterocycles. The van der Waals surface area contributed by atoms with Crippen molar-refractivity contribution in [1.82, 2.24) is 0 Å². The summed E-state index contributed by atoms with van der Waals surface area (Å²) >= 11 is 0. The summed E-state index contributed by atoms with van der Waals surface area (Å²) in [6.07, 6.45) is 0.968. The molecule has 0 spiro atoms. The maximum atomic E-state index is 12.3. The number of benzene rings is 3. The highest BCUT2D eigenvalue weighted by Crippen LogP contribution is 2.29. The molecule has 0 aliphatic heterocycles. The van der Waals surface area contributed by atoms with E-state index in [2.05, 4.69) is 0 Å². The fourth-order valence-corrected chi connectivity index (χ4v) is 2.75. The van der Waals surface area contributed by atoms with Gasteiger partial charge in [0.15, 0.2) is 0 Å². The predicted molar refractivity (Wildman–Crippen MR) is 103 cm³/mol. The van der Waals surface area contributed by atoms with Gasteiger partial charge in [0.05, 0.1) is 6.61 Å². The van der Waals surface area contributed by atoms with Gasteiger partial charge in [-0.1, -0.05) is 60.7 Å². The van der Waals surface area contributed by atoms with E-state index < -0.39 is 0 Å². The van der Waals surface area contributed by atoms with Crippen LogP contribution in [0.1, 0.15) is 18.9 Å². The van der Waals surface area contributed by atoms with Gasteiger partial charge in [-0.25, -0.2) is 0 Å². The summed E-state index contributed by atoms with van der Waals surface area (Å²) < 4.78 is 11.0. The summed E-state index contributed by atoms with van der Waals surface area (Å²) in [5.41, 5.74) is 3.03. The zero-order valence-corrected chi connectivity index (χ0v) is 14.9. The summed E-state index contributed by atoms with van der Waals surface area (Å²) in [5, 5.41) is 0. The van der Waals surface area contributed by atoms with E-state index in [1.165, 1.54) is 0 Å². The Hall–Kier alpha value is -3.07. The lowest BCUT2D eigenvalue weighted by atomic mass is 10.0. The van der Waals surface area contributed by atoms with E-state index in [9.17, 15) is 4.79 Å². The Balaban J connectivity index is 1.62. The minimum absolute atomic E-state index is 0.234. The van der Waals surface area contributed by atoms with Crippen LogP contribution in [0.5, 0.6) is 11.5 Å². The van der Waals surface area contributed by atoms with Crippen LogP contribution in [0.2, 0.25) is 0 Å². The Morgan fingerprint density at radius 1 is 0.846 bits per heavy atom. The summed E-state index contributed by atoms with van der Waals surface area (Å²) in [4.78, 5) is 12.3. The normalized spacial score (nSPS) is 10.3. The molecule has 0 radical (unpaired) electrons. The van der Waals surface area contributed by atoms with Crippen molar-refractivity contribution in [2.24, 2.45) is 0 Å². The number of carbonyl (C=O) groups excluding carboxylic acids is 1. The molecule has 0 saturated carbocycles. The van der Waals surface area contributed by atoms with E-state index in [1.54, 1.807) is 0 Å². The van der Waals surface area contributed by atoms with Gasteiger partial charge in [0.25, 0.3) is 0 Å². The standard InChI is InChI=1S/C23H22O3/c1-2-25-20-15-12-18(13-16-20)14-17-23(24)26-22-11-7-6-10-21(22)19-8-4-3-5-9-19/h3-13,15-16H,2,14,17H2,1H3. The minimum Gasteiger partial charge on any atom is -0.494 e. The molecule has 0 atom stereocenters. The van der Waals surface area contributed by atoms with Crippen LogP contribution in [0.25, 0.3) is 11.1 Å². The molecule has 3 nitrogen and oxygen atoms in total. The van der Waals surface area contributed by atoms with E-state index in [1.807, 2.05) is 85.8 Å². The van der Waals surface area contributed by atoms with Crippen LogP contribution in [-0.2, 0) is 11.2 Å². The van der Waals surface area contributed by atoms with Gasteiger partial charge < -0.3 is 9.47 Å². The van der Waals surface area contributed by atoms with Gasteiger partial charge in [-0.05, 0) is 42.7 Å². The molecule has 3 aromatic carbocycles. The molecule has 0 aliphatic carbocycles. The number of aryl methyl sites for hydroxylation is 1. The van der Waals surface area contributed by atoms with Crippen molar-refractivity contribution in [3.63, 3.8) is 0 Å². The Bertz CT molecular complexity index is 839. The van der Waals surface area contributed by atoms with Crippen molar-refractivity contribution in [2.45, 2.75) is 19.8 Å². The summed E-state index contributed by atoms with van der Waals surface area (Å²) in [6, 6.07) is 25.4. The topological polar surface area (TPSA) is 35.5 Å². The molecule has 0 aromatic heterocycles. The van der Waals surface area contributed by atoms with E-state index >= 15 is 0 Å². The Labute approximate surface area is 154 Å². The fourth-order valence-electron chi connectivity index (χ4n) is 2.75. The number of hydrogen-bond acceptors (Lipinski definition) is 3. The zero-order chi connectivity index (χ0) is 18.2. The van der Waals surface area contributed by atoms with Gasteiger partial charge in [-0.2, -0.15) is 0 Å². The molecule has 3 aromatic rings. The second-order valence-electron chi connectivity index (χ2n) is 5.91.